The molecule has 0 fully saturated rings. The standard InChI is InChI=1S/C18H19N3/c1-14-7-2-3-8-15(14)13-21-17-10-5-4-9-16(17)20-12-6-11-19-18(20)21/h2-5,7-10H,6,11-13H2,1H3/p+1. The third-order valence-corrected chi connectivity index (χ3v) is 4.41. The van der Waals surface area contributed by atoms with Crippen molar-refractivity contribution in [3.05, 3.63) is 59.7 Å². The van der Waals surface area contributed by atoms with Crippen LogP contribution >= 0.6 is 0 Å². The van der Waals surface area contributed by atoms with Gasteiger partial charge in [0, 0.05) is 6.42 Å². The van der Waals surface area contributed by atoms with Crippen LogP contribution in [0.25, 0.3) is 11.0 Å². The Balaban J connectivity index is 1.90. The Kier molecular flexibility index (Phi) is 2.92. The van der Waals surface area contributed by atoms with Crippen molar-refractivity contribution >= 4 is 17.0 Å². The number of hydrogen-bond donors (Lipinski definition) is 1. The van der Waals surface area contributed by atoms with Crippen LogP contribution in [0.3, 0.4) is 0 Å². The Morgan fingerprint density at radius 2 is 1.90 bits per heavy atom. The smallest absolute Gasteiger partial charge is 0.277 e. The first-order chi connectivity index (χ1) is 10.3. The maximum atomic E-state index is 3.59. The van der Waals surface area contributed by atoms with Crippen molar-refractivity contribution in [3.63, 3.8) is 0 Å². The molecule has 106 valence electrons. The summed E-state index contributed by atoms with van der Waals surface area (Å²) >= 11 is 0. The van der Waals surface area contributed by atoms with Gasteiger partial charge in [-0.05, 0) is 30.2 Å². The van der Waals surface area contributed by atoms with Gasteiger partial charge in [-0.3, -0.25) is 5.32 Å². The third-order valence-electron chi connectivity index (χ3n) is 4.41. The molecule has 21 heavy (non-hydrogen) atoms. The molecule has 1 aliphatic rings. The molecule has 1 aromatic heterocycles. The topological polar surface area (TPSA) is 20.8 Å². The normalized spacial score (nSPS) is 14.0. The van der Waals surface area contributed by atoms with Crippen LogP contribution in [0.15, 0.2) is 48.5 Å². The number of rotatable bonds is 2. The Hall–Kier alpha value is -2.29. The van der Waals surface area contributed by atoms with Gasteiger partial charge in [-0.15, -0.1) is 0 Å². The van der Waals surface area contributed by atoms with Gasteiger partial charge in [0.2, 0.25) is 0 Å². The summed E-state index contributed by atoms with van der Waals surface area (Å²) < 4.78 is 4.83. The molecular weight excluding hydrogens is 258 g/mol. The van der Waals surface area contributed by atoms with E-state index in [2.05, 4.69) is 69.9 Å². The van der Waals surface area contributed by atoms with E-state index in [0.717, 1.165) is 19.6 Å². The van der Waals surface area contributed by atoms with E-state index in [9.17, 15) is 0 Å². The molecule has 3 heteroatoms. The molecule has 0 bridgehead atoms. The van der Waals surface area contributed by atoms with E-state index in [-0.39, 0.29) is 0 Å². The number of benzene rings is 2. The number of aryl methyl sites for hydroxylation is 2. The molecule has 3 nitrogen and oxygen atoms in total. The van der Waals surface area contributed by atoms with Gasteiger partial charge >= 0.3 is 5.95 Å². The van der Waals surface area contributed by atoms with Crippen molar-refractivity contribution < 1.29 is 4.57 Å². The highest BCUT2D eigenvalue weighted by Gasteiger charge is 2.26. The molecule has 0 spiro atoms. The number of aromatic nitrogens is 2. The van der Waals surface area contributed by atoms with Gasteiger partial charge in [0.05, 0.1) is 19.6 Å². The Labute approximate surface area is 124 Å². The summed E-state index contributed by atoms with van der Waals surface area (Å²) in [5.41, 5.74) is 5.37. The van der Waals surface area contributed by atoms with Gasteiger partial charge in [-0.1, -0.05) is 36.4 Å². The predicted octanol–water partition coefficient (Wildman–Crippen LogP) is 3.10. The van der Waals surface area contributed by atoms with Gasteiger partial charge in [-0.2, -0.15) is 0 Å². The fraction of sp³-hybridized carbons (Fsp3) is 0.278. The minimum absolute atomic E-state index is 0.919. The van der Waals surface area contributed by atoms with Crippen LogP contribution in [0.1, 0.15) is 17.5 Å². The molecule has 0 radical (unpaired) electrons. The zero-order valence-corrected chi connectivity index (χ0v) is 12.3. The number of imidazole rings is 1. The first-order valence-electron chi connectivity index (χ1n) is 7.64. The number of fused-ring (bicyclic) bond motifs is 3. The van der Waals surface area contributed by atoms with Crippen molar-refractivity contribution in [2.24, 2.45) is 0 Å². The van der Waals surface area contributed by atoms with Gasteiger partial charge in [0.25, 0.3) is 0 Å². The van der Waals surface area contributed by atoms with E-state index in [1.165, 1.54) is 34.5 Å². The predicted molar refractivity (Wildman–Crippen MR) is 85.5 cm³/mol. The van der Waals surface area contributed by atoms with Crippen LogP contribution in [-0.2, 0) is 13.1 Å². The number of para-hydroxylation sites is 2. The first kappa shape index (κ1) is 12.5. The summed E-state index contributed by atoms with van der Waals surface area (Å²) in [7, 11) is 0. The molecule has 0 saturated carbocycles. The average molecular weight is 278 g/mol. The number of hydrogen-bond acceptors (Lipinski definition) is 1. The molecule has 0 unspecified atom stereocenters. The van der Waals surface area contributed by atoms with Crippen LogP contribution in [0.5, 0.6) is 0 Å². The van der Waals surface area contributed by atoms with Crippen molar-refractivity contribution in [1.29, 1.82) is 0 Å². The molecule has 1 aliphatic heterocycles. The van der Waals surface area contributed by atoms with E-state index in [1.807, 2.05) is 0 Å². The van der Waals surface area contributed by atoms with E-state index >= 15 is 0 Å². The van der Waals surface area contributed by atoms with Crippen LogP contribution in [0.4, 0.5) is 5.95 Å². The zero-order chi connectivity index (χ0) is 14.2. The van der Waals surface area contributed by atoms with Crippen LogP contribution in [0.2, 0.25) is 0 Å². The zero-order valence-electron chi connectivity index (χ0n) is 12.3. The summed E-state index contributed by atoms with van der Waals surface area (Å²) in [6.45, 7) is 5.27. The Morgan fingerprint density at radius 1 is 1.10 bits per heavy atom. The highest BCUT2D eigenvalue weighted by Crippen LogP contribution is 2.22. The maximum absolute atomic E-state index is 3.59. The molecule has 4 rings (SSSR count). The molecule has 3 aromatic rings. The summed E-state index contributed by atoms with van der Waals surface area (Å²) in [5, 5.41) is 3.59. The fourth-order valence-corrected chi connectivity index (χ4v) is 3.27. The minimum atomic E-state index is 0.919. The van der Waals surface area contributed by atoms with E-state index in [0.29, 0.717) is 0 Å². The van der Waals surface area contributed by atoms with Crippen molar-refractivity contribution in [3.8, 4) is 0 Å². The minimum Gasteiger partial charge on any atom is -0.277 e. The molecule has 2 aromatic carbocycles. The second kappa shape index (κ2) is 4.92. The Bertz CT molecular complexity index is 801. The molecule has 0 saturated heterocycles. The van der Waals surface area contributed by atoms with Crippen LogP contribution < -0.4 is 9.88 Å². The molecule has 0 atom stereocenters. The number of nitrogens with one attached hydrogen (secondary N) is 1. The van der Waals surface area contributed by atoms with E-state index in [4.69, 9.17) is 0 Å². The highest BCUT2D eigenvalue weighted by molar-refractivity contribution is 5.74. The fourth-order valence-electron chi connectivity index (χ4n) is 3.27. The first-order valence-corrected chi connectivity index (χ1v) is 7.64. The lowest BCUT2D eigenvalue weighted by molar-refractivity contribution is -0.661. The van der Waals surface area contributed by atoms with Gasteiger partial charge < -0.3 is 0 Å². The third kappa shape index (κ3) is 2.00. The molecule has 0 amide bonds. The monoisotopic (exact) mass is 278 g/mol. The SMILES string of the molecule is Cc1ccccc1Cn1c2[n+](c3ccccc31)CCCN2. The highest BCUT2D eigenvalue weighted by atomic mass is 15.3. The molecule has 0 aliphatic carbocycles. The van der Waals surface area contributed by atoms with Gasteiger partial charge in [0.1, 0.15) is 11.0 Å². The lowest BCUT2D eigenvalue weighted by atomic mass is 10.1. The van der Waals surface area contributed by atoms with E-state index in [1.54, 1.807) is 0 Å². The summed E-state index contributed by atoms with van der Waals surface area (Å²) in [6, 6.07) is 17.3. The lowest BCUT2D eigenvalue weighted by Gasteiger charge is -2.12. The van der Waals surface area contributed by atoms with E-state index < -0.39 is 0 Å². The summed E-state index contributed by atoms with van der Waals surface area (Å²) in [6.07, 6.45) is 1.19. The van der Waals surface area contributed by atoms with Gasteiger partial charge in [-0.25, -0.2) is 9.13 Å². The second-order valence-corrected chi connectivity index (χ2v) is 5.76. The average Bonchev–Trinajstić information content (AvgIpc) is 2.85. The Morgan fingerprint density at radius 3 is 2.81 bits per heavy atom. The molecular formula is C18H20N3+. The number of anilines is 1. The number of nitrogens with zero attached hydrogens (tertiary/aromatic N) is 2. The molecule has 2 heterocycles. The largest absolute Gasteiger partial charge is 0.358 e. The lowest BCUT2D eigenvalue weighted by Crippen LogP contribution is -2.41. The van der Waals surface area contributed by atoms with Crippen molar-refractivity contribution in [1.82, 2.24) is 4.57 Å². The van der Waals surface area contributed by atoms with Gasteiger partial charge in [0.15, 0.2) is 0 Å². The molecule has 1 N–H and O–H groups in total. The summed E-state index contributed by atoms with van der Waals surface area (Å²) in [5.74, 6) is 1.24. The van der Waals surface area contributed by atoms with Crippen LogP contribution in [-0.4, -0.2) is 11.1 Å². The summed E-state index contributed by atoms with van der Waals surface area (Å²) in [4.78, 5) is 0. The van der Waals surface area contributed by atoms with Crippen molar-refractivity contribution in [2.45, 2.75) is 26.4 Å². The quantitative estimate of drug-likeness (QED) is 0.714. The maximum Gasteiger partial charge on any atom is 0.358 e. The van der Waals surface area contributed by atoms with Crippen LogP contribution in [0, 0.1) is 6.92 Å². The van der Waals surface area contributed by atoms with Crippen molar-refractivity contribution in [2.75, 3.05) is 11.9 Å². The second-order valence-electron chi connectivity index (χ2n) is 5.76.